The summed E-state index contributed by atoms with van der Waals surface area (Å²) in [5.41, 5.74) is 1.18. The molecule has 4 aliphatic rings. The molecule has 0 bridgehead atoms. The van der Waals surface area contributed by atoms with Crippen LogP contribution >= 0.6 is 0 Å². The maximum Gasteiger partial charge on any atom is 0.365 e. The molecule has 5 rings (SSSR count). The molecule has 1 aromatic carbocycles. The lowest BCUT2D eigenvalue weighted by Crippen LogP contribution is -3.02. The van der Waals surface area contributed by atoms with Crippen molar-refractivity contribution in [1.29, 1.82) is 0 Å². The van der Waals surface area contributed by atoms with Crippen molar-refractivity contribution in [3.63, 3.8) is 0 Å². The molecule has 1 aromatic rings. The summed E-state index contributed by atoms with van der Waals surface area (Å²) in [7, 11) is 0. The maximum absolute atomic E-state index is 10.7. The summed E-state index contributed by atoms with van der Waals surface area (Å²) >= 11 is 0. The minimum absolute atomic E-state index is 0.0769. The minimum atomic E-state index is -3.74. The molecule has 0 saturated carbocycles. The second kappa shape index (κ2) is 7.78. The molecule has 3 atom stereocenters. The van der Waals surface area contributed by atoms with E-state index in [0.717, 1.165) is 19.6 Å². The number of rotatable bonds is 7. The van der Waals surface area contributed by atoms with E-state index in [2.05, 4.69) is 24.5 Å². The van der Waals surface area contributed by atoms with E-state index in [0.29, 0.717) is 10.6 Å². The first-order valence-electron chi connectivity index (χ1n) is 10.9. The average molecular weight is 472 g/mol. The topological polar surface area (TPSA) is 174 Å². The summed E-state index contributed by atoms with van der Waals surface area (Å²) in [6.45, 7) is 2.78. The highest BCUT2D eigenvalue weighted by Gasteiger charge is 2.99. The van der Waals surface area contributed by atoms with Crippen LogP contribution in [0, 0.1) is 0 Å². The Morgan fingerprint density at radius 2 is 1.52 bits per heavy atom. The van der Waals surface area contributed by atoms with Crippen molar-refractivity contribution in [2.45, 2.75) is 61.4 Å². The van der Waals surface area contributed by atoms with Crippen molar-refractivity contribution in [1.82, 2.24) is 9.80 Å². The van der Waals surface area contributed by atoms with Gasteiger partial charge < -0.3 is 35.4 Å². The van der Waals surface area contributed by atoms with Gasteiger partial charge in [0.1, 0.15) is 5.75 Å². The molecule has 13 nitrogen and oxygen atoms in total. The van der Waals surface area contributed by atoms with Gasteiger partial charge in [-0.2, -0.15) is 24.5 Å². The van der Waals surface area contributed by atoms with E-state index in [4.69, 9.17) is 4.74 Å². The van der Waals surface area contributed by atoms with Gasteiger partial charge >= 0.3 is 17.5 Å². The molecule has 184 valence electrons. The normalized spacial score (nSPS) is 37.4. The van der Waals surface area contributed by atoms with Crippen LogP contribution in [0.3, 0.4) is 0 Å². The summed E-state index contributed by atoms with van der Waals surface area (Å²) in [5.74, 6) is -15.4. The molecule has 0 amide bonds. The number of ether oxygens (including phenoxy) is 1. The van der Waals surface area contributed by atoms with E-state index in [1.807, 2.05) is 24.3 Å². The standard InChI is InChI=1S/C20H28N2O11/c23-16(24)17(25)18(31-30-17)20(28,33-32-18)22(19(16,26)27)11-4-12-29-15-7-5-14(6-8-15)13-21-9-2-1-3-10-21/h5-8,23-28H,1-4,9-13H2. The fourth-order valence-corrected chi connectivity index (χ4v) is 4.66. The van der Waals surface area contributed by atoms with Crippen molar-refractivity contribution in [2.75, 3.05) is 26.2 Å². The van der Waals surface area contributed by atoms with Crippen LogP contribution in [0.2, 0.25) is 0 Å². The second-order valence-corrected chi connectivity index (χ2v) is 8.84. The van der Waals surface area contributed by atoms with Crippen LogP contribution in [0.1, 0.15) is 31.2 Å². The fourth-order valence-electron chi connectivity index (χ4n) is 4.66. The number of hydrogen-bond donors (Lipinski definition) is 6. The third kappa shape index (κ3) is 3.10. The van der Waals surface area contributed by atoms with Gasteiger partial charge in [0, 0.05) is 13.1 Å². The Morgan fingerprint density at radius 3 is 2.09 bits per heavy atom. The van der Waals surface area contributed by atoms with Gasteiger partial charge in [-0.25, -0.2) is 0 Å². The summed E-state index contributed by atoms with van der Waals surface area (Å²) in [5, 5.41) is 62.2. The van der Waals surface area contributed by atoms with Crippen LogP contribution < -0.4 is 4.74 Å². The predicted molar refractivity (Wildman–Crippen MR) is 104 cm³/mol. The first kappa shape index (κ1) is 23.3. The predicted octanol–water partition coefficient (Wildman–Crippen LogP) is -1.97. The first-order chi connectivity index (χ1) is 15.6. The van der Waals surface area contributed by atoms with Crippen LogP contribution in [0.15, 0.2) is 24.3 Å². The Hall–Kier alpha value is -1.46. The SMILES string of the molecule is OC1(O)N(CCCOc2ccc(CN3CCCCC3)cc2)C2(O)OOC23OOC3(O)C1(O)O. The Balaban J connectivity index is 1.18. The molecule has 13 heteroatoms. The van der Waals surface area contributed by atoms with Gasteiger partial charge in [-0.05, 0) is 50.0 Å². The lowest BCUT2D eigenvalue weighted by Gasteiger charge is -2.71. The van der Waals surface area contributed by atoms with E-state index in [-0.39, 0.29) is 19.6 Å². The zero-order chi connectivity index (χ0) is 23.5. The summed E-state index contributed by atoms with van der Waals surface area (Å²) in [4.78, 5) is 20.7. The Labute approximate surface area is 188 Å². The smallest absolute Gasteiger partial charge is 0.365 e. The molecule has 0 radical (unpaired) electrons. The highest BCUT2D eigenvalue weighted by molar-refractivity contribution is 5.27. The molecule has 4 saturated heterocycles. The van der Waals surface area contributed by atoms with E-state index in [1.165, 1.54) is 24.8 Å². The Bertz CT molecular complexity index is 858. The third-order valence-electron chi connectivity index (χ3n) is 6.69. The molecule has 3 unspecified atom stereocenters. The van der Waals surface area contributed by atoms with Crippen LogP contribution in [-0.2, 0) is 26.1 Å². The zero-order valence-electron chi connectivity index (χ0n) is 17.8. The molecular formula is C20H28N2O11. The fraction of sp³-hybridized carbons (Fsp3) is 0.700. The van der Waals surface area contributed by atoms with E-state index in [1.54, 1.807) is 0 Å². The number of hydrogen-bond acceptors (Lipinski definition) is 13. The number of piperidine rings is 2. The highest BCUT2D eigenvalue weighted by atomic mass is 17.4. The second-order valence-electron chi connectivity index (χ2n) is 8.84. The zero-order valence-corrected chi connectivity index (χ0v) is 17.8. The van der Waals surface area contributed by atoms with E-state index in [9.17, 15) is 30.6 Å². The van der Waals surface area contributed by atoms with Crippen LogP contribution in [0.25, 0.3) is 0 Å². The monoisotopic (exact) mass is 472 g/mol. The molecular weight excluding hydrogens is 444 g/mol. The number of benzene rings is 1. The third-order valence-corrected chi connectivity index (χ3v) is 6.69. The van der Waals surface area contributed by atoms with Gasteiger partial charge in [0.15, 0.2) is 0 Å². The molecule has 6 N–H and O–H groups in total. The molecule has 33 heavy (non-hydrogen) atoms. The lowest BCUT2D eigenvalue weighted by molar-refractivity contribution is -0.863. The van der Waals surface area contributed by atoms with Crippen LogP contribution in [0.5, 0.6) is 5.75 Å². The van der Waals surface area contributed by atoms with Crippen molar-refractivity contribution in [3.05, 3.63) is 29.8 Å². The summed E-state index contributed by atoms with van der Waals surface area (Å²) < 4.78 is 5.67. The highest BCUT2D eigenvalue weighted by Crippen LogP contribution is 2.65. The van der Waals surface area contributed by atoms with Crippen molar-refractivity contribution < 1.29 is 54.9 Å². The Kier molecular flexibility index (Phi) is 5.49. The van der Waals surface area contributed by atoms with Gasteiger partial charge in [-0.3, -0.25) is 4.90 Å². The summed E-state index contributed by atoms with van der Waals surface area (Å²) in [6, 6.07) is 7.63. The molecule has 1 spiro atoms. The van der Waals surface area contributed by atoms with Gasteiger partial charge in [0.25, 0.3) is 11.7 Å². The number of aliphatic hydroxyl groups is 6. The van der Waals surface area contributed by atoms with Gasteiger partial charge in [0.05, 0.1) is 6.61 Å². The lowest BCUT2D eigenvalue weighted by atomic mass is 9.81. The quantitative estimate of drug-likeness (QED) is 0.147. The Morgan fingerprint density at radius 1 is 0.848 bits per heavy atom. The van der Waals surface area contributed by atoms with Crippen molar-refractivity contribution in [2.24, 2.45) is 0 Å². The van der Waals surface area contributed by atoms with Gasteiger partial charge in [0.2, 0.25) is 0 Å². The molecule has 0 aromatic heterocycles. The maximum atomic E-state index is 10.7. The average Bonchev–Trinajstić information content (AvgIpc) is 2.77. The molecule has 4 fully saturated rings. The minimum Gasteiger partial charge on any atom is -0.494 e. The number of likely N-dealkylation sites (tertiary alicyclic amines) is 2. The van der Waals surface area contributed by atoms with Gasteiger partial charge in [-0.1, -0.05) is 18.6 Å². The van der Waals surface area contributed by atoms with E-state index < -0.39 is 29.2 Å². The van der Waals surface area contributed by atoms with Crippen LogP contribution in [0.4, 0.5) is 0 Å². The number of nitrogens with zero attached hydrogens (tertiary/aromatic N) is 2. The molecule has 0 aliphatic carbocycles. The van der Waals surface area contributed by atoms with E-state index >= 15 is 0 Å². The van der Waals surface area contributed by atoms with Crippen molar-refractivity contribution in [3.8, 4) is 5.75 Å². The summed E-state index contributed by atoms with van der Waals surface area (Å²) in [6.07, 6.45) is 3.81. The van der Waals surface area contributed by atoms with Crippen LogP contribution in [-0.4, -0.2) is 95.9 Å². The van der Waals surface area contributed by atoms with Crippen molar-refractivity contribution >= 4 is 0 Å². The molecule has 4 heterocycles. The first-order valence-corrected chi connectivity index (χ1v) is 10.9. The largest absolute Gasteiger partial charge is 0.494 e. The molecule has 4 aliphatic heterocycles. The van der Waals surface area contributed by atoms with Gasteiger partial charge in [-0.15, -0.1) is 0 Å².